The lowest BCUT2D eigenvalue weighted by Crippen LogP contribution is -2.34. The number of rotatable bonds is 6. The van der Waals surface area contributed by atoms with Gasteiger partial charge < -0.3 is 10.2 Å². The number of carbonyl (C=O) groups is 1. The van der Waals surface area contributed by atoms with Crippen molar-refractivity contribution in [3.05, 3.63) is 71.5 Å². The molecule has 1 amide bonds. The summed E-state index contributed by atoms with van der Waals surface area (Å²) in [6.45, 7) is 0.695. The summed E-state index contributed by atoms with van der Waals surface area (Å²) in [6.07, 6.45) is 4.61. The van der Waals surface area contributed by atoms with Gasteiger partial charge in [0.2, 0.25) is 0 Å². The zero-order valence-corrected chi connectivity index (χ0v) is 16.2. The Bertz CT molecular complexity index is 722. The van der Waals surface area contributed by atoms with Crippen molar-refractivity contribution in [2.45, 2.75) is 31.7 Å². The lowest BCUT2D eigenvalue weighted by Gasteiger charge is -2.37. The molecule has 0 heterocycles. The molecule has 2 aromatic rings. The third-order valence-corrected chi connectivity index (χ3v) is 5.69. The molecule has 3 rings (SSSR count). The number of hydrogen-bond donors (Lipinski definition) is 1. The van der Waals surface area contributed by atoms with E-state index in [1.165, 1.54) is 42.7 Å². The van der Waals surface area contributed by atoms with Crippen LogP contribution in [0.5, 0.6) is 0 Å². The van der Waals surface area contributed by atoms with Gasteiger partial charge in [-0.2, -0.15) is 0 Å². The van der Waals surface area contributed by atoms with Crippen LogP contribution >= 0.6 is 0 Å². The Balaban J connectivity index is 1.51. The van der Waals surface area contributed by atoms with Crippen LogP contribution in [0.4, 0.5) is 4.39 Å². The first kappa shape index (κ1) is 19.6. The van der Waals surface area contributed by atoms with Gasteiger partial charge in [-0.3, -0.25) is 4.79 Å². The molecule has 1 aliphatic rings. The molecule has 1 unspecified atom stereocenters. The molecule has 1 saturated carbocycles. The summed E-state index contributed by atoms with van der Waals surface area (Å²) in [4.78, 5) is 14.5. The maximum Gasteiger partial charge on any atom is 0.251 e. The molecule has 0 radical (unpaired) electrons. The smallest absolute Gasteiger partial charge is 0.251 e. The largest absolute Gasteiger partial charge is 0.352 e. The molecule has 1 N–H and O–H groups in total. The molecule has 0 aliphatic heterocycles. The first-order valence-corrected chi connectivity index (χ1v) is 9.79. The maximum absolute atomic E-state index is 13.0. The Morgan fingerprint density at radius 2 is 1.67 bits per heavy atom. The molecule has 1 aliphatic carbocycles. The van der Waals surface area contributed by atoms with Crippen molar-refractivity contribution in [3.8, 4) is 0 Å². The van der Waals surface area contributed by atoms with Gasteiger partial charge in [-0.25, -0.2) is 4.39 Å². The van der Waals surface area contributed by atoms with Gasteiger partial charge in [0.25, 0.3) is 5.91 Å². The Kier molecular flexibility index (Phi) is 6.62. The van der Waals surface area contributed by atoms with Crippen LogP contribution in [-0.4, -0.2) is 31.4 Å². The highest BCUT2D eigenvalue weighted by Gasteiger charge is 2.30. The summed E-state index contributed by atoms with van der Waals surface area (Å²) in [5.41, 5.74) is 1.90. The first-order chi connectivity index (χ1) is 13.0. The fourth-order valence-electron chi connectivity index (χ4n) is 4.29. The number of amides is 1. The van der Waals surface area contributed by atoms with Crippen molar-refractivity contribution in [1.29, 1.82) is 0 Å². The quantitative estimate of drug-likeness (QED) is 0.804. The fraction of sp³-hybridized carbons (Fsp3) is 0.435. The molecule has 1 fully saturated rings. The van der Waals surface area contributed by atoms with Gasteiger partial charge in [0.05, 0.1) is 0 Å². The van der Waals surface area contributed by atoms with E-state index in [1.54, 1.807) is 0 Å². The van der Waals surface area contributed by atoms with Gasteiger partial charge in [0.15, 0.2) is 0 Å². The molecule has 27 heavy (non-hydrogen) atoms. The van der Waals surface area contributed by atoms with Crippen LogP contribution in [0.25, 0.3) is 0 Å². The Morgan fingerprint density at radius 3 is 2.26 bits per heavy atom. The predicted molar refractivity (Wildman–Crippen MR) is 107 cm³/mol. The Morgan fingerprint density at radius 1 is 1.04 bits per heavy atom. The monoisotopic (exact) mass is 368 g/mol. The number of carbonyl (C=O) groups excluding carboxylic acids is 1. The molecule has 0 spiro atoms. The van der Waals surface area contributed by atoms with E-state index in [0.29, 0.717) is 30.0 Å². The molecular weight excluding hydrogens is 339 g/mol. The van der Waals surface area contributed by atoms with Crippen LogP contribution < -0.4 is 5.32 Å². The highest BCUT2D eigenvalue weighted by molar-refractivity contribution is 5.94. The SMILES string of the molecule is CN(C)C(c1ccccc1)C1CCC(CNC(=O)c2ccc(F)cc2)CC1. The van der Waals surface area contributed by atoms with Crippen LogP contribution in [-0.2, 0) is 0 Å². The molecule has 1 atom stereocenters. The van der Waals surface area contributed by atoms with Crippen molar-refractivity contribution in [2.75, 3.05) is 20.6 Å². The standard InChI is InChI=1S/C23H29FN2O/c1-26(2)22(18-6-4-3-5-7-18)19-10-8-17(9-11-19)16-25-23(27)20-12-14-21(24)15-13-20/h3-7,12-15,17,19,22H,8-11,16H2,1-2H3,(H,25,27). The van der Waals surface area contributed by atoms with Crippen molar-refractivity contribution >= 4 is 5.91 Å². The summed E-state index contributed by atoms with van der Waals surface area (Å²) in [7, 11) is 4.32. The summed E-state index contributed by atoms with van der Waals surface area (Å²) in [5, 5.41) is 3.01. The normalized spacial score (nSPS) is 21.0. The van der Waals surface area contributed by atoms with Crippen LogP contribution in [0.15, 0.2) is 54.6 Å². The second-order valence-corrected chi connectivity index (χ2v) is 7.82. The summed E-state index contributed by atoms with van der Waals surface area (Å²) in [6, 6.07) is 16.9. The van der Waals surface area contributed by atoms with Crippen LogP contribution in [0.2, 0.25) is 0 Å². The van der Waals surface area contributed by atoms with E-state index in [1.807, 2.05) is 0 Å². The number of benzene rings is 2. The molecule has 4 heteroatoms. The molecular formula is C23H29FN2O. The average Bonchev–Trinajstić information content (AvgIpc) is 2.68. The van der Waals surface area contributed by atoms with Crippen molar-refractivity contribution in [2.24, 2.45) is 11.8 Å². The van der Waals surface area contributed by atoms with Gasteiger partial charge in [0, 0.05) is 18.2 Å². The van der Waals surface area contributed by atoms with Crippen LogP contribution in [0.1, 0.15) is 47.6 Å². The number of halogens is 1. The van der Waals surface area contributed by atoms with E-state index in [9.17, 15) is 9.18 Å². The van der Waals surface area contributed by atoms with Crippen molar-refractivity contribution in [1.82, 2.24) is 10.2 Å². The van der Waals surface area contributed by atoms with E-state index in [2.05, 4.69) is 54.6 Å². The minimum atomic E-state index is -0.321. The number of hydrogen-bond acceptors (Lipinski definition) is 2. The van der Waals surface area contributed by atoms with Crippen LogP contribution in [0.3, 0.4) is 0 Å². The topological polar surface area (TPSA) is 32.3 Å². The van der Waals surface area contributed by atoms with Gasteiger partial charge >= 0.3 is 0 Å². The molecule has 2 aromatic carbocycles. The van der Waals surface area contributed by atoms with Crippen molar-refractivity contribution < 1.29 is 9.18 Å². The Hall–Kier alpha value is -2.20. The van der Waals surface area contributed by atoms with Gasteiger partial charge in [0.1, 0.15) is 5.82 Å². The Labute approximate surface area is 161 Å². The van der Waals surface area contributed by atoms with E-state index >= 15 is 0 Å². The molecule has 0 saturated heterocycles. The van der Waals surface area contributed by atoms with E-state index < -0.39 is 0 Å². The van der Waals surface area contributed by atoms with Crippen molar-refractivity contribution in [3.63, 3.8) is 0 Å². The molecule has 0 aromatic heterocycles. The van der Waals surface area contributed by atoms with E-state index in [-0.39, 0.29) is 11.7 Å². The second kappa shape index (κ2) is 9.14. The van der Waals surface area contributed by atoms with Crippen LogP contribution in [0, 0.1) is 17.7 Å². The summed E-state index contributed by atoms with van der Waals surface area (Å²) >= 11 is 0. The summed E-state index contributed by atoms with van der Waals surface area (Å²) in [5.74, 6) is 0.724. The first-order valence-electron chi connectivity index (χ1n) is 9.79. The average molecular weight is 368 g/mol. The highest BCUT2D eigenvalue weighted by Crippen LogP contribution is 2.39. The second-order valence-electron chi connectivity index (χ2n) is 7.82. The van der Waals surface area contributed by atoms with Gasteiger partial charge in [-0.05, 0) is 81.4 Å². The fourth-order valence-corrected chi connectivity index (χ4v) is 4.29. The number of nitrogens with one attached hydrogen (secondary N) is 1. The molecule has 0 bridgehead atoms. The van der Waals surface area contributed by atoms with Gasteiger partial charge in [-0.1, -0.05) is 30.3 Å². The lowest BCUT2D eigenvalue weighted by atomic mass is 9.76. The highest BCUT2D eigenvalue weighted by atomic mass is 19.1. The molecule has 144 valence electrons. The molecule has 3 nitrogen and oxygen atoms in total. The van der Waals surface area contributed by atoms with E-state index in [4.69, 9.17) is 0 Å². The van der Waals surface area contributed by atoms with Gasteiger partial charge in [-0.15, -0.1) is 0 Å². The third kappa shape index (κ3) is 5.16. The lowest BCUT2D eigenvalue weighted by molar-refractivity contribution is 0.0934. The maximum atomic E-state index is 13.0. The third-order valence-electron chi connectivity index (χ3n) is 5.69. The minimum absolute atomic E-state index is 0.118. The summed E-state index contributed by atoms with van der Waals surface area (Å²) < 4.78 is 13.0. The zero-order valence-electron chi connectivity index (χ0n) is 16.2. The number of nitrogens with zero attached hydrogens (tertiary/aromatic N) is 1. The predicted octanol–water partition coefficient (Wildman–Crippen LogP) is 4.66. The van der Waals surface area contributed by atoms with E-state index in [0.717, 1.165) is 12.8 Å². The zero-order chi connectivity index (χ0) is 19.2. The minimum Gasteiger partial charge on any atom is -0.352 e.